The van der Waals surface area contributed by atoms with Crippen molar-refractivity contribution in [2.24, 2.45) is 10.7 Å². The summed E-state index contributed by atoms with van der Waals surface area (Å²) in [6.07, 6.45) is 1.34. The lowest BCUT2D eigenvalue weighted by molar-refractivity contribution is -0.385. The molecule has 0 fully saturated rings. The van der Waals surface area contributed by atoms with Crippen LogP contribution in [-0.4, -0.2) is 34.4 Å². The van der Waals surface area contributed by atoms with Crippen LogP contribution in [0.3, 0.4) is 0 Å². The van der Waals surface area contributed by atoms with Crippen molar-refractivity contribution in [3.05, 3.63) is 68.7 Å². The van der Waals surface area contributed by atoms with Crippen molar-refractivity contribution in [3.63, 3.8) is 0 Å². The Morgan fingerprint density at radius 3 is 2.79 bits per heavy atom. The Kier molecular flexibility index (Phi) is 5.74. The number of H-pyrrole nitrogens is 1. The molecule has 0 unspecified atom stereocenters. The topological polar surface area (TPSA) is 149 Å². The number of benzene rings is 2. The fraction of sp³-hybridized carbons (Fsp3) is 0.0556. The van der Waals surface area contributed by atoms with Gasteiger partial charge in [-0.1, -0.05) is 23.7 Å². The Labute approximate surface area is 169 Å². The SMILES string of the molecule is COc1ccc(/C=N/c2[nH]nc(Nc3ccccc3Cl)c2C(N)=O)cc1[N+](=O)[O-]. The molecule has 3 aromatic rings. The molecule has 148 valence electrons. The smallest absolute Gasteiger partial charge is 0.311 e. The second kappa shape index (κ2) is 8.40. The summed E-state index contributed by atoms with van der Waals surface area (Å²) in [6, 6.07) is 11.2. The molecule has 2 aromatic carbocycles. The van der Waals surface area contributed by atoms with E-state index in [1.165, 1.54) is 25.5 Å². The van der Waals surface area contributed by atoms with Gasteiger partial charge in [-0.3, -0.25) is 20.0 Å². The van der Waals surface area contributed by atoms with Crippen molar-refractivity contribution in [2.45, 2.75) is 0 Å². The average molecular weight is 415 g/mol. The first-order chi connectivity index (χ1) is 13.9. The number of nitro benzene ring substituents is 1. The molecule has 0 atom stereocenters. The van der Waals surface area contributed by atoms with Gasteiger partial charge in [0.25, 0.3) is 5.91 Å². The maximum atomic E-state index is 11.9. The number of aromatic nitrogens is 2. The number of carbonyl (C=O) groups is 1. The molecule has 0 aliphatic rings. The van der Waals surface area contributed by atoms with Crippen molar-refractivity contribution in [2.75, 3.05) is 12.4 Å². The Bertz CT molecular complexity index is 1110. The monoisotopic (exact) mass is 414 g/mol. The van der Waals surface area contributed by atoms with Crippen molar-refractivity contribution < 1.29 is 14.5 Å². The van der Waals surface area contributed by atoms with Crippen LogP contribution in [0.5, 0.6) is 5.75 Å². The maximum Gasteiger partial charge on any atom is 0.311 e. The van der Waals surface area contributed by atoms with E-state index in [4.69, 9.17) is 22.1 Å². The maximum absolute atomic E-state index is 11.9. The number of aromatic amines is 1. The molecule has 4 N–H and O–H groups in total. The molecule has 10 nitrogen and oxygen atoms in total. The third-order valence-corrected chi connectivity index (χ3v) is 4.19. The molecule has 0 bridgehead atoms. The molecule has 3 rings (SSSR count). The Morgan fingerprint density at radius 2 is 2.14 bits per heavy atom. The van der Waals surface area contributed by atoms with E-state index in [-0.39, 0.29) is 28.6 Å². The minimum atomic E-state index is -0.763. The van der Waals surface area contributed by atoms with Crippen LogP contribution < -0.4 is 15.8 Å². The van der Waals surface area contributed by atoms with Gasteiger partial charge in [-0.05, 0) is 29.8 Å². The first-order valence-corrected chi connectivity index (χ1v) is 8.54. The van der Waals surface area contributed by atoms with Crippen LogP contribution in [0.15, 0.2) is 47.5 Å². The summed E-state index contributed by atoms with van der Waals surface area (Å²) in [6.45, 7) is 0. The molecule has 11 heteroatoms. The fourth-order valence-corrected chi connectivity index (χ4v) is 2.69. The van der Waals surface area contributed by atoms with Gasteiger partial charge in [0, 0.05) is 12.3 Å². The van der Waals surface area contributed by atoms with Gasteiger partial charge < -0.3 is 15.8 Å². The van der Waals surface area contributed by atoms with E-state index >= 15 is 0 Å². The van der Waals surface area contributed by atoms with Crippen molar-refractivity contribution in [1.29, 1.82) is 0 Å². The van der Waals surface area contributed by atoms with Crippen LogP contribution in [-0.2, 0) is 0 Å². The Hall–Kier alpha value is -3.92. The van der Waals surface area contributed by atoms with Gasteiger partial charge in [0.1, 0.15) is 5.56 Å². The standard InChI is InChI=1S/C18H15ClN6O4/c1-29-14-7-6-10(8-13(14)25(27)28)9-21-17-15(16(20)26)18(24-23-17)22-12-5-3-2-4-11(12)19/h2-9H,1H3,(H2,20,26)(H2,22,23,24)/b21-9+. The van der Waals surface area contributed by atoms with Crippen LogP contribution in [0.2, 0.25) is 5.02 Å². The number of nitro groups is 1. The van der Waals surface area contributed by atoms with Gasteiger partial charge in [0.05, 0.1) is 22.7 Å². The highest BCUT2D eigenvalue weighted by atomic mass is 35.5. The van der Waals surface area contributed by atoms with E-state index < -0.39 is 10.8 Å². The van der Waals surface area contributed by atoms with E-state index in [1.54, 1.807) is 30.3 Å². The minimum Gasteiger partial charge on any atom is -0.490 e. The number of nitrogens with two attached hydrogens (primary N) is 1. The first kappa shape index (κ1) is 19.8. The van der Waals surface area contributed by atoms with E-state index in [0.717, 1.165) is 0 Å². The number of anilines is 2. The molecule has 1 aromatic heterocycles. The van der Waals surface area contributed by atoms with Gasteiger partial charge in [0.15, 0.2) is 17.4 Å². The van der Waals surface area contributed by atoms with Gasteiger partial charge in [-0.2, -0.15) is 5.10 Å². The highest BCUT2D eigenvalue weighted by molar-refractivity contribution is 6.33. The number of carbonyl (C=O) groups excluding carboxylic acids is 1. The van der Waals surface area contributed by atoms with E-state index in [9.17, 15) is 14.9 Å². The number of para-hydroxylation sites is 1. The van der Waals surface area contributed by atoms with Crippen LogP contribution in [0, 0.1) is 10.1 Å². The third kappa shape index (κ3) is 4.33. The number of rotatable bonds is 7. The zero-order valence-corrected chi connectivity index (χ0v) is 15.8. The number of halogens is 1. The summed E-state index contributed by atoms with van der Waals surface area (Å²) in [7, 11) is 1.34. The van der Waals surface area contributed by atoms with Crippen molar-refractivity contribution in [1.82, 2.24) is 10.2 Å². The van der Waals surface area contributed by atoms with Crippen LogP contribution in [0.1, 0.15) is 15.9 Å². The van der Waals surface area contributed by atoms with E-state index in [1.807, 2.05) is 0 Å². The number of aliphatic imine (C=N–C) groups is 1. The highest BCUT2D eigenvalue weighted by Crippen LogP contribution is 2.30. The summed E-state index contributed by atoms with van der Waals surface area (Å²) in [5.41, 5.74) is 6.23. The summed E-state index contributed by atoms with van der Waals surface area (Å²) < 4.78 is 4.96. The lowest BCUT2D eigenvalue weighted by Gasteiger charge is -2.06. The third-order valence-electron chi connectivity index (χ3n) is 3.86. The summed E-state index contributed by atoms with van der Waals surface area (Å²) in [5.74, 6) is -0.400. The molecule has 0 spiro atoms. The number of hydrogen-bond acceptors (Lipinski definition) is 7. The molecule has 0 aliphatic heterocycles. The quantitative estimate of drug-likeness (QED) is 0.305. The summed E-state index contributed by atoms with van der Waals surface area (Å²) in [4.78, 5) is 26.7. The van der Waals surface area contributed by atoms with Gasteiger partial charge in [-0.15, -0.1) is 0 Å². The van der Waals surface area contributed by atoms with Crippen LogP contribution >= 0.6 is 11.6 Å². The molecule has 1 amide bonds. The summed E-state index contributed by atoms with van der Waals surface area (Å²) >= 11 is 6.11. The van der Waals surface area contributed by atoms with E-state index in [0.29, 0.717) is 16.3 Å². The predicted molar refractivity (Wildman–Crippen MR) is 109 cm³/mol. The van der Waals surface area contributed by atoms with E-state index in [2.05, 4.69) is 20.5 Å². The average Bonchev–Trinajstić information content (AvgIpc) is 3.10. The largest absolute Gasteiger partial charge is 0.490 e. The number of methoxy groups -OCH3 is 1. The zero-order chi connectivity index (χ0) is 21.0. The molecule has 0 radical (unpaired) electrons. The highest BCUT2D eigenvalue weighted by Gasteiger charge is 2.19. The lowest BCUT2D eigenvalue weighted by Crippen LogP contribution is -2.12. The second-order valence-corrected chi connectivity index (χ2v) is 6.12. The number of amides is 1. The van der Waals surface area contributed by atoms with Crippen LogP contribution in [0.25, 0.3) is 0 Å². The Morgan fingerprint density at radius 1 is 1.38 bits per heavy atom. The minimum absolute atomic E-state index is 0.0178. The number of hydrogen-bond donors (Lipinski definition) is 3. The Balaban J connectivity index is 1.93. The normalized spacial score (nSPS) is 10.8. The first-order valence-electron chi connectivity index (χ1n) is 8.17. The summed E-state index contributed by atoms with van der Waals surface area (Å²) in [5, 5.41) is 21.1. The molecule has 0 saturated heterocycles. The number of nitrogens with zero attached hydrogens (tertiary/aromatic N) is 3. The number of nitrogens with one attached hydrogen (secondary N) is 2. The molecular formula is C18H15ClN6O4. The van der Waals surface area contributed by atoms with Crippen LogP contribution in [0.4, 0.5) is 23.0 Å². The fourth-order valence-electron chi connectivity index (χ4n) is 2.51. The molecule has 0 saturated carbocycles. The number of ether oxygens (including phenoxy) is 1. The molecular weight excluding hydrogens is 400 g/mol. The number of primary amides is 1. The molecule has 29 heavy (non-hydrogen) atoms. The predicted octanol–water partition coefficient (Wildman–Crippen LogP) is 3.57. The van der Waals surface area contributed by atoms with Gasteiger partial charge in [0.2, 0.25) is 0 Å². The van der Waals surface area contributed by atoms with Gasteiger partial charge >= 0.3 is 5.69 Å². The lowest BCUT2D eigenvalue weighted by atomic mass is 10.2. The van der Waals surface area contributed by atoms with Gasteiger partial charge in [-0.25, -0.2) is 4.99 Å². The zero-order valence-electron chi connectivity index (χ0n) is 15.0. The molecule has 1 heterocycles. The second-order valence-electron chi connectivity index (χ2n) is 5.71. The van der Waals surface area contributed by atoms with Crippen molar-refractivity contribution >= 4 is 46.7 Å². The van der Waals surface area contributed by atoms with Crippen molar-refractivity contribution in [3.8, 4) is 5.75 Å². The molecule has 0 aliphatic carbocycles.